The molecule has 0 bridgehead atoms. The fraction of sp³-hybridized carbons (Fsp3) is 0.500. The lowest BCUT2D eigenvalue weighted by molar-refractivity contribution is -0.137. The number of fused-ring (bicyclic) bond motifs is 1. The summed E-state index contributed by atoms with van der Waals surface area (Å²) >= 11 is 7.25. The molecule has 2 aliphatic rings. The second-order valence-electron chi connectivity index (χ2n) is 9.86. The zero-order valence-electron chi connectivity index (χ0n) is 21.8. The highest BCUT2D eigenvalue weighted by molar-refractivity contribution is 7.13. The number of hydrogen-bond donors (Lipinski definition) is 3. The molecule has 10 nitrogen and oxygen atoms in total. The number of benzene rings is 1. The third-order valence-corrected chi connectivity index (χ3v) is 8.44. The van der Waals surface area contributed by atoms with E-state index >= 15 is 0 Å². The lowest BCUT2D eigenvalue weighted by Crippen LogP contribution is -2.57. The summed E-state index contributed by atoms with van der Waals surface area (Å²) in [6, 6.07) is 5.37. The van der Waals surface area contributed by atoms with Crippen LogP contribution in [0, 0.1) is 5.92 Å². The predicted octanol–water partition coefficient (Wildman–Crippen LogP) is 2.28. The van der Waals surface area contributed by atoms with Crippen molar-refractivity contribution < 1.29 is 19.2 Å². The van der Waals surface area contributed by atoms with Gasteiger partial charge in [-0.3, -0.25) is 19.2 Å². The van der Waals surface area contributed by atoms with Crippen molar-refractivity contribution >= 4 is 52.3 Å². The highest BCUT2D eigenvalue weighted by Crippen LogP contribution is 2.28. The second-order valence-corrected chi connectivity index (χ2v) is 11.4. The van der Waals surface area contributed by atoms with Crippen molar-refractivity contribution in [2.45, 2.75) is 51.2 Å². The minimum absolute atomic E-state index is 0.00440. The molecule has 1 aromatic heterocycles. The van der Waals surface area contributed by atoms with E-state index in [9.17, 15) is 19.2 Å². The molecule has 12 heteroatoms. The van der Waals surface area contributed by atoms with Crippen LogP contribution in [0.3, 0.4) is 0 Å². The van der Waals surface area contributed by atoms with E-state index < -0.39 is 23.9 Å². The fourth-order valence-corrected chi connectivity index (χ4v) is 6.02. The Morgan fingerprint density at radius 3 is 2.55 bits per heavy atom. The predicted molar refractivity (Wildman–Crippen MR) is 146 cm³/mol. The Kier molecular flexibility index (Phi) is 9.01. The highest BCUT2D eigenvalue weighted by Gasteiger charge is 2.38. The monoisotopic (exact) mass is 560 g/mol. The minimum Gasteiger partial charge on any atom is -0.346 e. The number of aromatic nitrogens is 1. The van der Waals surface area contributed by atoms with Crippen molar-refractivity contribution in [1.82, 2.24) is 25.4 Å². The third kappa shape index (κ3) is 6.69. The van der Waals surface area contributed by atoms with Crippen molar-refractivity contribution in [2.75, 3.05) is 32.5 Å². The van der Waals surface area contributed by atoms with E-state index in [0.29, 0.717) is 41.5 Å². The van der Waals surface area contributed by atoms with Gasteiger partial charge in [0.15, 0.2) is 5.01 Å². The number of anilines is 1. The summed E-state index contributed by atoms with van der Waals surface area (Å²) in [6.45, 7) is 4.13. The number of nitrogens with zero attached hydrogens (tertiary/aromatic N) is 3. The van der Waals surface area contributed by atoms with Crippen molar-refractivity contribution in [3.8, 4) is 0 Å². The number of rotatable bonds is 6. The van der Waals surface area contributed by atoms with Crippen molar-refractivity contribution in [3.05, 3.63) is 44.9 Å². The van der Waals surface area contributed by atoms with Gasteiger partial charge in [0.25, 0.3) is 5.91 Å². The highest BCUT2D eigenvalue weighted by atomic mass is 35.5. The van der Waals surface area contributed by atoms with Crippen LogP contribution in [-0.4, -0.2) is 77.7 Å². The molecular weight excluding hydrogens is 528 g/mol. The second kappa shape index (κ2) is 12.2. The first-order valence-corrected chi connectivity index (χ1v) is 13.9. The number of carbonyl (C=O) groups is 4. The molecule has 0 spiro atoms. The maximum Gasteiger partial charge on any atom is 0.313 e. The quantitative estimate of drug-likeness (QED) is 0.466. The van der Waals surface area contributed by atoms with Crippen molar-refractivity contribution in [1.29, 1.82) is 0 Å². The summed E-state index contributed by atoms with van der Waals surface area (Å²) in [7, 11) is 3.78. The molecule has 4 rings (SSSR count). The van der Waals surface area contributed by atoms with E-state index in [2.05, 4.69) is 25.8 Å². The first kappa shape index (κ1) is 28.0. The molecule has 1 aliphatic carbocycles. The Morgan fingerprint density at radius 1 is 1.11 bits per heavy atom. The van der Waals surface area contributed by atoms with Gasteiger partial charge in [0.1, 0.15) is 0 Å². The number of likely N-dealkylation sites (N-methyl/N-ethyl adjacent to an activating group) is 1. The molecule has 204 valence electrons. The molecule has 0 radical (unpaired) electrons. The van der Waals surface area contributed by atoms with Crippen molar-refractivity contribution in [2.24, 2.45) is 5.92 Å². The van der Waals surface area contributed by atoms with E-state index in [4.69, 9.17) is 11.6 Å². The van der Waals surface area contributed by atoms with Gasteiger partial charge in [-0.2, -0.15) is 0 Å². The molecular formula is C26H33ClN6O4S. The largest absolute Gasteiger partial charge is 0.346 e. The van der Waals surface area contributed by atoms with Crippen LogP contribution in [0.4, 0.5) is 5.69 Å². The average Bonchev–Trinajstić information content (AvgIpc) is 3.33. The maximum absolute atomic E-state index is 13.2. The Hall–Kier alpha value is -3.02. The van der Waals surface area contributed by atoms with Crippen LogP contribution in [0.2, 0.25) is 5.02 Å². The Balaban J connectivity index is 1.46. The van der Waals surface area contributed by atoms with Crippen LogP contribution < -0.4 is 16.0 Å². The minimum atomic E-state index is -0.821. The van der Waals surface area contributed by atoms with E-state index in [1.807, 2.05) is 14.0 Å². The van der Waals surface area contributed by atoms with Gasteiger partial charge >= 0.3 is 11.8 Å². The van der Waals surface area contributed by atoms with Gasteiger partial charge in [0.2, 0.25) is 5.91 Å². The summed E-state index contributed by atoms with van der Waals surface area (Å²) in [5, 5.41) is 9.22. The number of thiazole rings is 1. The number of hydrogen-bond acceptors (Lipinski definition) is 7. The molecule has 0 saturated heterocycles. The molecule has 38 heavy (non-hydrogen) atoms. The van der Waals surface area contributed by atoms with Crippen LogP contribution in [0.5, 0.6) is 0 Å². The van der Waals surface area contributed by atoms with Crippen LogP contribution >= 0.6 is 22.9 Å². The molecule has 3 N–H and O–H groups in total. The van der Waals surface area contributed by atoms with Gasteiger partial charge in [-0.1, -0.05) is 11.6 Å². The smallest absolute Gasteiger partial charge is 0.313 e. The molecule has 2 heterocycles. The van der Waals surface area contributed by atoms with E-state index in [-0.39, 0.29) is 17.7 Å². The summed E-state index contributed by atoms with van der Waals surface area (Å²) < 4.78 is 0. The molecule has 2 aromatic rings. The van der Waals surface area contributed by atoms with E-state index in [0.717, 1.165) is 30.1 Å². The van der Waals surface area contributed by atoms with Gasteiger partial charge < -0.3 is 25.8 Å². The van der Waals surface area contributed by atoms with Gasteiger partial charge in [-0.05, 0) is 57.5 Å². The first-order valence-electron chi connectivity index (χ1n) is 12.7. The Bertz CT molecular complexity index is 1200. The van der Waals surface area contributed by atoms with Gasteiger partial charge in [0.05, 0.1) is 11.7 Å². The van der Waals surface area contributed by atoms with Crippen LogP contribution in [0.25, 0.3) is 0 Å². The van der Waals surface area contributed by atoms with Crippen molar-refractivity contribution in [3.63, 3.8) is 0 Å². The van der Waals surface area contributed by atoms with Gasteiger partial charge in [-0.25, -0.2) is 4.98 Å². The first-order chi connectivity index (χ1) is 18.1. The average molecular weight is 561 g/mol. The molecule has 1 saturated carbocycles. The number of amides is 4. The van der Waals surface area contributed by atoms with E-state index in [1.54, 1.807) is 36.2 Å². The molecule has 4 amide bonds. The lowest BCUT2D eigenvalue weighted by atomic mass is 9.81. The normalized spacial score (nSPS) is 21.2. The molecule has 3 atom stereocenters. The summed E-state index contributed by atoms with van der Waals surface area (Å²) in [4.78, 5) is 60.9. The fourth-order valence-electron chi connectivity index (χ4n) is 4.80. The zero-order chi connectivity index (χ0) is 27.4. The van der Waals surface area contributed by atoms with Gasteiger partial charge in [0, 0.05) is 60.6 Å². The molecule has 1 aliphatic heterocycles. The molecule has 1 aromatic carbocycles. The standard InChI is InChI=1S/C26H33ClN6O4S/c1-4-33(3)26(37)15-5-10-18(29-23(35)22(34)28-17-8-6-16(27)7-9-17)20(13-15)30-24(36)25-31-19-11-12-32(2)14-21(19)38-25/h6-9,15,18,20H,4-5,10-14H2,1-3H3,(H,28,34)(H,29,35)(H,30,36)/t15-,18-,20+/m0/s1. The zero-order valence-corrected chi connectivity index (χ0v) is 23.3. The third-order valence-electron chi connectivity index (χ3n) is 7.11. The maximum atomic E-state index is 13.2. The van der Waals surface area contributed by atoms with Crippen LogP contribution in [0.15, 0.2) is 24.3 Å². The van der Waals surface area contributed by atoms with E-state index in [1.165, 1.54) is 11.3 Å². The number of halogens is 1. The Morgan fingerprint density at radius 2 is 1.84 bits per heavy atom. The molecule has 0 unspecified atom stereocenters. The lowest BCUT2D eigenvalue weighted by Gasteiger charge is -2.37. The summed E-state index contributed by atoms with van der Waals surface area (Å²) in [6.07, 6.45) is 2.13. The topological polar surface area (TPSA) is 124 Å². The SMILES string of the molecule is CCN(C)C(=O)[C@H]1CC[C@H](NC(=O)C(=O)Nc2ccc(Cl)cc2)[C@H](NC(=O)c2nc3c(s2)CN(C)CC3)C1. The summed E-state index contributed by atoms with van der Waals surface area (Å²) in [5.41, 5.74) is 1.39. The summed E-state index contributed by atoms with van der Waals surface area (Å²) in [5.74, 6) is -2.26. The molecule has 1 fully saturated rings. The number of nitrogens with one attached hydrogen (secondary N) is 3. The van der Waals surface area contributed by atoms with Gasteiger partial charge in [-0.15, -0.1) is 11.3 Å². The van der Waals surface area contributed by atoms with Crippen LogP contribution in [0.1, 0.15) is 46.6 Å². The Labute approximate surface area is 231 Å². The van der Waals surface area contributed by atoms with Crippen LogP contribution in [-0.2, 0) is 27.3 Å². The number of carbonyl (C=O) groups excluding carboxylic acids is 4.